The molecule has 0 unspecified atom stereocenters. The molecule has 3 heteroatoms. The number of aliphatic hydroxyl groups excluding tert-OH is 3. The lowest BCUT2D eigenvalue weighted by Gasteiger charge is -2.44. The van der Waals surface area contributed by atoms with E-state index in [1.54, 1.807) is 0 Å². The van der Waals surface area contributed by atoms with E-state index in [2.05, 4.69) is 44.7 Å². The molecule has 4 rings (SSSR count). The first-order valence-corrected chi connectivity index (χ1v) is 12.1. The Hall–Kier alpha value is -1.16. The summed E-state index contributed by atoms with van der Waals surface area (Å²) in [5.74, 6) is 2.28. The van der Waals surface area contributed by atoms with Crippen LogP contribution in [0.5, 0.6) is 0 Å². The van der Waals surface area contributed by atoms with Crippen molar-refractivity contribution in [1.29, 1.82) is 0 Å². The summed E-state index contributed by atoms with van der Waals surface area (Å²) >= 11 is 0. The number of rotatable bonds is 5. The van der Waals surface area contributed by atoms with Gasteiger partial charge in [-0.3, -0.25) is 0 Å². The highest BCUT2D eigenvalue weighted by Crippen LogP contribution is 2.59. The van der Waals surface area contributed by atoms with E-state index >= 15 is 0 Å². The number of fused-ring (bicyclic) bond motifs is 1. The molecule has 3 nitrogen and oxygen atoms in total. The zero-order valence-corrected chi connectivity index (χ0v) is 18.8. The van der Waals surface area contributed by atoms with E-state index in [4.69, 9.17) is 0 Å². The van der Waals surface area contributed by atoms with Gasteiger partial charge < -0.3 is 15.3 Å². The third kappa shape index (κ3) is 4.40. The van der Waals surface area contributed by atoms with E-state index in [0.29, 0.717) is 41.9 Å². The average molecular weight is 413 g/mol. The van der Waals surface area contributed by atoms with Crippen molar-refractivity contribution in [3.05, 3.63) is 47.6 Å². The predicted octanol–water partition coefficient (Wildman–Crippen LogP) is 5.09. The SMILES string of the molecule is C=C1/C(=C/C=C2\CCC[C@]3(C)[C@@H]([C@@H](C)/C=C/[C@@H](O)C4CC4)CC[C@@H]23)C[C@@H](O)C[C@@H]1O. The van der Waals surface area contributed by atoms with Crippen LogP contribution in [0.25, 0.3) is 0 Å². The van der Waals surface area contributed by atoms with Crippen LogP contribution in [0.4, 0.5) is 0 Å². The molecule has 0 bridgehead atoms. The summed E-state index contributed by atoms with van der Waals surface area (Å²) in [6.45, 7) is 8.88. The van der Waals surface area contributed by atoms with Gasteiger partial charge in [-0.2, -0.15) is 0 Å². The summed E-state index contributed by atoms with van der Waals surface area (Å²) in [7, 11) is 0. The van der Waals surface area contributed by atoms with Crippen LogP contribution < -0.4 is 0 Å². The van der Waals surface area contributed by atoms with Crippen molar-refractivity contribution in [3.63, 3.8) is 0 Å². The fraction of sp³-hybridized carbons (Fsp3) is 0.704. The molecule has 30 heavy (non-hydrogen) atoms. The monoisotopic (exact) mass is 412 g/mol. The molecule has 7 atom stereocenters. The van der Waals surface area contributed by atoms with Crippen molar-refractivity contribution in [2.24, 2.45) is 29.1 Å². The van der Waals surface area contributed by atoms with Gasteiger partial charge in [-0.25, -0.2) is 0 Å². The van der Waals surface area contributed by atoms with Crippen LogP contribution in [0.15, 0.2) is 47.6 Å². The minimum Gasteiger partial charge on any atom is -0.393 e. The molecule has 0 amide bonds. The smallest absolute Gasteiger partial charge is 0.0811 e. The molecule has 3 N–H and O–H groups in total. The molecule has 0 radical (unpaired) electrons. The quantitative estimate of drug-likeness (QED) is 0.551. The Balaban J connectivity index is 1.48. The number of aliphatic hydroxyl groups is 3. The minimum absolute atomic E-state index is 0.250. The van der Waals surface area contributed by atoms with E-state index in [-0.39, 0.29) is 6.10 Å². The summed E-state index contributed by atoms with van der Waals surface area (Å²) in [6, 6.07) is 0. The van der Waals surface area contributed by atoms with Crippen LogP contribution in [-0.2, 0) is 0 Å². The standard InChI is InChI=1S/C27H40O3/c1-17(6-13-25(29)20-8-9-20)23-11-12-24-19(5-4-14-27(23,24)3)7-10-21-15-22(28)16-26(30)18(21)2/h6-7,10,13,17,20,22-26,28-30H,2,4-5,8-9,11-12,14-16H2,1,3H3/b13-6+,19-7+,21-10+/t17-,22+,23+,24-,25+,26-,27+/m0/s1. The van der Waals surface area contributed by atoms with Gasteiger partial charge in [-0.05, 0) is 91.6 Å². The van der Waals surface area contributed by atoms with Crippen LogP contribution in [-0.4, -0.2) is 33.6 Å². The molecule has 0 heterocycles. The maximum atomic E-state index is 10.2. The molecule has 0 saturated heterocycles. The van der Waals surface area contributed by atoms with Crippen molar-refractivity contribution in [2.45, 2.75) is 89.9 Å². The van der Waals surface area contributed by atoms with E-state index in [9.17, 15) is 15.3 Å². The highest BCUT2D eigenvalue weighted by atomic mass is 16.3. The molecule has 0 aliphatic heterocycles. The van der Waals surface area contributed by atoms with Crippen molar-refractivity contribution in [3.8, 4) is 0 Å². The number of allylic oxidation sites excluding steroid dienone is 4. The molecular formula is C27H40O3. The first-order chi connectivity index (χ1) is 14.3. The third-order valence-electron chi connectivity index (χ3n) is 8.65. The molecule has 0 aromatic rings. The van der Waals surface area contributed by atoms with Gasteiger partial charge in [0.15, 0.2) is 0 Å². The zero-order chi connectivity index (χ0) is 21.5. The lowest BCUT2D eigenvalue weighted by molar-refractivity contribution is 0.0862. The second kappa shape index (κ2) is 8.76. The zero-order valence-electron chi connectivity index (χ0n) is 18.8. The Morgan fingerprint density at radius 1 is 1.10 bits per heavy atom. The molecule has 0 spiro atoms. The summed E-state index contributed by atoms with van der Waals surface area (Å²) in [4.78, 5) is 0. The fourth-order valence-corrected chi connectivity index (χ4v) is 6.63. The van der Waals surface area contributed by atoms with Gasteiger partial charge in [0.2, 0.25) is 0 Å². The van der Waals surface area contributed by atoms with Crippen molar-refractivity contribution in [2.75, 3.05) is 0 Å². The third-order valence-corrected chi connectivity index (χ3v) is 8.65. The maximum Gasteiger partial charge on any atom is 0.0811 e. The Morgan fingerprint density at radius 3 is 2.60 bits per heavy atom. The predicted molar refractivity (Wildman–Crippen MR) is 122 cm³/mol. The van der Waals surface area contributed by atoms with Gasteiger partial charge in [-0.15, -0.1) is 0 Å². The molecule has 4 fully saturated rings. The summed E-state index contributed by atoms with van der Waals surface area (Å²) in [5.41, 5.74) is 3.63. The van der Waals surface area contributed by atoms with Crippen LogP contribution in [0.1, 0.15) is 71.6 Å². The van der Waals surface area contributed by atoms with Crippen LogP contribution >= 0.6 is 0 Å². The van der Waals surface area contributed by atoms with E-state index in [0.717, 1.165) is 17.6 Å². The van der Waals surface area contributed by atoms with E-state index in [1.807, 2.05) is 0 Å². The van der Waals surface area contributed by atoms with Crippen LogP contribution in [0.2, 0.25) is 0 Å². The molecular weight excluding hydrogens is 372 g/mol. The normalized spacial score (nSPS) is 42.1. The van der Waals surface area contributed by atoms with Crippen LogP contribution in [0.3, 0.4) is 0 Å². The van der Waals surface area contributed by atoms with Crippen molar-refractivity contribution < 1.29 is 15.3 Å². The van der Waals surface area contributed by atoms with Gasteiger partial charge >= 0.3 is 0 Å². The van der Waals surface area contributed by atoms with Gasteiger partial charge in [0, 0.05) is 6.42 Å². The summed E-state index contributed by atoms with van der Waals surface area (Å²) in [5, 5.41) is 30.4. The van der Waals surface area contributed by atoms with Crippen LogP contribution in [0, 0.1) is 29.1 Å². The van der Waals surface area contributed by atoms with Gasteiger partial charge in [-0.1, -0.05) is 50.3 Å². The Morgan fingerprint density at radius 2 is 1.87 bits per heavy atom. The highest BCUT2D eigenvalue weighted by Gasteiger charge is 2.50. The Kier molecular flexibility index (Phi) is 6.44. The number of hydrogen-bond acceptors (Lipinski definition) is 3. The van der Waals surface area contributed by atoms with E-state index < -0.39 is 12.2 Å². The van der Waals surface area contributed by atoms with Crippen molar-refractivity contribution >= 4 is 0 Å². The minimum atomic E-state index is -0.621. The Labute approximate surface area is 182 Å². The Bertz CT molecular complexity index is 743. The topological polar surface area (TPSA) is 60.7 Å². The molecule has 4 aliphatic carbocycles. The number of hydrogen-bond donors (Lipinski definition) is 3. The van der Waals surface area contributed by atoms with Gasteiger partial charge in [0.25, 0.3) is 0 Å². The van der Waals surface area contributed by atoms with Gasteiger partial charge in [0.1, 0.15) is 0 Å². The lowest BCUT2D eigenvalue weighted by atomic mass is 9.61. The summed E-state index contributed by atoms with van der Waals surface area (Å²) in [6.07, 6.45) is 16.9. The first-order valence-electron chi connectivity index (χ1n) is 12.1. The molecule has 0 aromatic heterocycles. The molecule has 166 valence electrons. The highest BCUT2D eigenvalue weighted by molar-refractivity contribution is 5.38. The molecule has 4 saturated carbocycles. The average Bonchev–Trinajstić information content (AvgIpc) is 3.49. The fourth-order valence-electron chi connectivity index (χ4n) is 6.63. The van der Waals surface area contributed by atoms with E-state index in [1.165, 1.54) is 44.1 Å². The van der Waals surface area contributed by atoms with Crippen molar-refractivity contribution in [1.82, 2.24) is 0 Å². The van der Waals surface area contributed by atoms with Gasteiger partial charge in [0.05, 0.1) is 18.3 Å². The largest absolute Gasteiger partial charge is 0.393 e. The molecule has 4 aliphatic rings. The maximum absolute atomic E-state index is 10.2. The second-order valence-electron chi connectivity index (χ2n) is 10.7. The lowest BCUT2D eigenvalue weighted by Crippen LogP contribution is -2.35. The first kappa shape index (κ1) is 22.0. The molecule has 0 aromatic carbocycles. The second-order valence-corrected chi connectivity index (χ2v) is 10.7. The summed E-state index contributed by atoms with van der Waals surface area (Å²) < 4.78 is 0.